The van der Waals surface area contributed by atoms with Crippen LogP contribution in [0, 0.1) is 0 Å². The molecule has 0 bridgehead atoms. The molecule has 0 heterocycles. The lowest BCUT2D eigenvalue weighted by atomic mass is 10.1. The second kappa shape index (κ2) is 7.33. The van der Waals surface area contributed by atoms with Crippen LogP contribution >= 0.6 is 0 Å². The van der Waals surface area contributed by atoms with E-state index in [0.29, 0.717) is 6.54 Å². The van der Waals surface area contributed by atoms with Crippen molar-refractivity contribution in [3.8, 4) is 11.5 Å². The van der Waals surface area contributed by atoms with Crippen LogP contribution in [0.1, 0.15) is 18.1 Å². The molecule has 0 aliphatic heterocycles. The van der Waals surface area contributed by atoms with Crippen LogP contribution in [0.4, 0.5) is 0 Å². The number of rotatable bonds is 6. The highest BCUT2D eigenvalue weighted by molar-refractivity contribution is 5.98. The summed E-state index contributed by atoms with van der Waals surface area (Å²) in [5.74, 6) is 1.45. The van der Waals surface area contributed by atoms with E-state index >= 15 is 0 Å². The largest absolute Gasteiger partial charge is 0.493 e. The Morgan fingerprint density at radius 2 is 1.71 bits per heavy atom. The van der Waals surface area contributed by atoms with Crippen LogP contribution in [-0.2, 0) is 6.54 Å². The van der Waals surface area contributed by atoms with Crippen molar-refractivity contribution in [2.75, 3.05) is 14.2 Å². The quantitative estimate of drug-likeness (QED) is 0.654. The molecule has 0 radical (unpaired) electrons. The normalized spacial score (nSPS) is 11.1. The summed E-state index contributed by atoms with van der Waals surface area (Å²) in [6, 6.07) is 15.9. The Labute approximate surface area is 125 Å². The Morgan fingerprint density at radius 3 is 2.38 bits per heavy atom. The van der Waals surface area contributed by atoms with E-state index in [1.54, 1.807) is 14.2 Å². The maximum absolute atomic E-state index is 5.29. The van der Waals surface area contributed by atoms with Gasteiger partial charge in [0.05, 0.1) is 26.5 Å². The van der Waals surface area contributed by atoms with Gasteiger partial charge >= 0.3 is 0 Å². The highest BCUT2D eigenvalue weighted by Crippen LogP contribution is 2.27. The predicted octanol–water partition coefficient (Wildman–Crippen LogP) is 3.22. The van der Waals surface area contributed by atoms with Gasteiger partial charge in [-0.05, 0) is 30.2 Å². The predicted molar refractivity (Wildman–Crippen MR) is 85.0 cm³/mol. The number of hydrazone groups is 1. The second-order valence-corrected chi connectivity index (χ2v) is 4.59. The third kappa shape index (κ3) is 3.99. The molecule has 4 heteroatoms. The van der Waals surface area contributed by atoms with Gasteiger partial charge in [-0.3, -0.25) is 0 Å². The molecule has 1 N–H and O–H groups in total. The van der Waals surface area contributed by atoms with E-state index in [1.165, 1.54) is 0 Å². The lowest BCUT2D eigenvalue weighted by Gasteiger charge is -2.09. The minimum Gasteiger partial charge on any atom is -0.493 e. The van der Waals surface area contributed by atoms with E-state index in [0.717, 1.165) is 28.3 Å². The lowest BCUT2D eigenvalue weighted by molar-refractivity contribution is 0.354. The first-order chi connectivity index (χ1) is 10.2. The zero-order valence-electron chi connectivity index (χ0n) is 12.6. The zero-order valence-corrected chi connectivity index (χ0v) is 12.6. The highest BCUT2D eigenvalue weighted by Gasteiger charge is 2.04. The number of hydrogen-bond donors (Lipinski definition) is 1. The summed E-state index contributed by atoms with van der Waals surface area (Å²) in [5, 5.41) is 4.38. The van der Waals surface area contributed by atoms with Gasteiger partial charge in [-0.15, -0.1) is 0 Å². The van der Waals surface area contributed by atoms with Crippen LogP contribution in [0.2, 0.25) is 0 Å². The molecule has 0 aromatic heterocycles. The Bertz CT molecular complexity index is 609. The Kier molecular flexibility index (Phi) is 5.21. The van der Waals surface area contributed by atoms with E-state index in [2.05, 4.69) is 10.5 Å². The molecule has 0 amide bonds. The van der Waals surface area contributed by atoms with Crippen molar-refractivity contribution in [2.45, 2.75) is 13.5 Å². The first-order valence-electron chi connectivity index (χ1n) is 6.78. The van der Waals surface area contributed by atoms with Crippen LogP contribution in [-0.4, -0.2) is 19.9 Å². The molecule has 0 spiro atoms. The fourth-order valence-electron chi connectivity index (χ4n) is 1.98. The van der Waals surface area contributed by atoms with Crippen LogP contribution in [0.3, 0.4) is 0 Å². The molecule has 4 nitrogen and oxygen atoms in total. The third-order valence-electron chi connectivity index (χ3n) is 3.17. The van der Waals surface area contributed by atoms with Crippen molar-refractivity contribution >= 4 is 5.71 Å². The van der Waals surface area contributed by atoms with Crippen LogP contribution in [0.15, 0.2) is 53.6 Å². The van der Waals surface area contributed by atoms with Crippen molar-refractivity contribution in [3.05, 3.63) is 59.7 Å². The number of ether oxygens (including phenoxy) is 2. The van der Waals surface area contributed by atoms with Gasteiger partial charge in [-0.25, -0.2) is 0 Å². The molecule has 21 heavy (non-hydrogen) atoms. The molecular weight excluding hydrogens is 264 g/mol. The second-order valence-electron chi connectivity index (χ2n) is 4.59. The third-order valence-corrected chi connectivity index (χ3v) is 3.17. The van der Waals surface area contributed by atoms with Gasteiger partial charge in [0.1, 0.15) is 0 Å². The number of benzene rings is 2. The fourth-order valence-corrected chi connectivity index (χ4v) is 1.98. The molecule has 0 aliphatic carbocycles. The Morgan fingerprint density at radius 1 is 1.00 bits per heavy atom. The molecular formula is C17H20N2O2. The molecule has 2 aromatic carbocycles. The van der Waals surface area contributed by atoms with Gasteiger partial charge in [0.15, 0.2) is 11.5 Å². The summed E-state index contributed by atoms with van der Waals surface area (Å²) in [6.07, 6.45) is 0. The minimum atomic E-state index is 0.629. The zero-order chi connectivity index (χ0) is 15.1. The summed E-state index contributed by atoms with van der Waals surface area (Å²) in [7, 11) is 3.26. The maximum Gasteiger partial charge on any atom is 0.161 e. The summed E-state index contributed by atoms with van der Waals surface area (Å²) in [6.45, 7) is 2.61. The number of methoxy groups -OCH3 is 2. The van der Waals surface area contributed by atoms with Gasteiger partial charge in [-0.2, -0.15) is 5.10 Å². The van der Waals surface area contributed by atoms with Crippen LogP contribution < -0.4 is 14.9 Å². The van der Waals surface area contributed by atoms with Gasteiger partial charge in [0.25, 0.3) is 0 Å². The molecule has 0 atom stereocenters. The standard InChI is InChI=1S/C17H20N2O2/c1-13(15-7-5-4-6-8-15)19-18-12-14-9-10-16(20-2)17(11-14)21-3/h4-11,18H,12H2,1-3H3/b19-13+. The highest BCUT2D eigenvalue weighted by atomic mass is 16.5. The van der Waals surface area contributed by atoms with Crippen molar-refractivity contribution < 1.29 is 9.47 Å². The average molecular weight is 284 g/mol. The molecule has 0 fully saturated rings. The number of nitrogens with one attached hydrogen (secondary N) is 1. The van der Waals surface area contributed by atoms with E-state index < -0.39 is 0 Å². The lowest BCUT2D eigenvalue weighted by Crippen LogP contribution is -2.09. The molecule has 110 valence electrons. The minimum absolute atomic E-state index is 0.629. The van der Waals surface area contributed by atoms with Crippen molar-refractivity contribution in [2.24, 2.45) is 5.10 Å². The summed E-state index contributed by atoms with van der Waals surface area (Å²) in [5.41, 5.74) is 6.22. The SMILES string of the molecule is COc1ccc(CN/N=C(\C)c2ccccc2)cc1OC. The van der Waals surface area contributed by atoms with Crippen LogP contribution in [0.25, 0.3) is 0 Å². The smallest absolute Gasteiger partial charge is 0.161 e. The topological polar surface area (TPSA) is 42.8 Å². The van der Waals surface area contributed by atoms with E-state index in [1.807, 2.05) is 55.5 Å². The van der Waals surface area contributed by atoms with Crippen LogP contribution in [0.5, 0.6) is 11.5 Å². The van der Waals surface area contributed by atoms with E-state index in [4.69, 9.17) is 9.47 Å². The van der Waals surface area contributed by atoms with Gasteiger partial charge in [0.2, 0.25) is 0 Å². The Balaban J connectivity index is 2.00. The van der Waals surface area contributed by atoms with Gasteiger partial charge in [-0.1, -0.05) is 36.4 Å². The first-order valence-corrected chi connectivity index (χ1v) is 6.78. The van der Waals surface area contributed by atoms with Crippen molar-refractivity contribution in [1.82, 2.24) is 5.43 Å². The molecule has 0 unspecified atom stereocenters. The van der Waals surface area contributed by atoms with E-state index in [-0.39, 0.29) is 0 Å². The monoisotopic (exact) mass is 284 g/mol. The Hall–Kier alpha value is -2.49. The molecule has 0 saturated carbocycles. The molecule has 2 rings (SSSR count). The van der Waals surface area contributed by atoms with Gasteiger partial charge < -0.3 is 14.9 Å². The number of nitrogens with zero attached hydrogens (tertiary/aromatic N) is 1. The molecule has 0 saturated heterocycles. The summed E-state index contributed by atoms with van der Waals surface area (Å²) >= 11 is 0. The maximum atomic E-state index is 5.29. The number of hydrogen-bond acceptors (Lipinski definition) is 4. The van der Waals surface area contributed by atoms with Gasteiger partial charge in [0, 0.05) is 0 Å². The van der Waals surface area contributed by atoms with Crippen molar-refractivity contribution in [3.63, 3.8) is 0 Å². The molecule has 0 aliphatic rings. The van der Waals surface area contributed by atoms with E-state index in [9.17, 15) is 0 Å². The average Bonchev–Trinajstić information content (AvgIpc) is 2.55. The van der Waals surface area contributed by atoms with Crippen molar-refractivity contribution in [1.29, 1.82) is 0 Å². The molecule has 2 aromatic rings. The first kappa shape index (κ1) is 14.9. The summed E-state index contributed by atoms with van der Waals surface area (Å²) in [4.78, 5) is 0. The fraction of sp³-hybridized carbons (Fsp3) is 0.235. The summed E-state index contributed by atoms with van der Waals surface area (Å²) < 4.78 is 10.5.